The molecular formula is C24H24N2O3. The predicted molar refractivity (Wildman–Crippen MR) is 113 cm³/mol. The second kappa shape index (κ2) is 8.80. The van der Waals surface area contributed by atoms with Crippen molar-refractivity contribution in [2.75, 3.05) is 6.61 Å². The summed E-state index contributed by atoms with van der Waals surface area (Å²) in [7, 11) is 0. The van der Waals surface area contributed by atoms with Gasteiger partial charge in [-0.25, -0.2) is 4.98 Å². The van der Waals surface area contributed by atoms with Crippen molar-refractivity contribution in [1.82, 2.24) is 9.55 Å². The minimum Gasteiger partial charge on any atom is -0.491 e. The fraction of sp³-hybridized carbons (Fsp3) is 0.208. The molecule has 5 heteroatoms. The summed E-state index contributed by atoms with van der Waals surface area (Å²) >= 11 is 0. The Morgan fingerprint density at radius 2 is 1.55 bits per heavy atom. The molecule has 5 nitrogen and oxygen atoms in total. The highest BCUT2D eigenvalue weighted by Gasteiger charge is 2.15. The van der Waals surface area contributed by atoms with E-state index in [4.69, 9.17) is 14.5 Å². The van der Waals surface area contributed by atoms with Crippen LogP contribution >= 0.6 is 0 Å². The Morgan fingerprint density at radius 1 is 0.862 bits per heavy atom. The number of benzene rings is 3. The Morgan fingerprint density at radius 3 is 2.34 bits per heavy atom. The van der Waals surface area contributed by atoms with Gasteiger partial charge < -0.3 is 19.1 Å². The molecule has 0 radical (unpaired) electrons. The van der Waals surface area contributed by atoms with Gasteiger partial charge in [0.25, 0.3) is 0 Å². The van der Waals surface area contributed by atoms with Crippen molar-refractivity contribution in [1.29, 1.82) is 0 Å². The van der Waals surface area contributed by atoms with Crippen LogP contribution in [0.3, 0.4) is 0 Å². The van der Waals surface area contributed by atoms with Crippen LogP contribution in [-0.2, 0) is 13.2 Å². The molecule has 4 aromatic rings. The highest BCUT2D eigenvalue weighted by atomic mass is 16.5. The molecule has 1 heterocycles. The van der Waals surface area contributed by atoms with Gasteiger partial charge in [-0.15, -0.1) is 0 Å². The van der Waals surface area contributed by atoms with Crippen LogP contribution in [-0.4, -0.2) is 27.4 Å². The molecule has 0 aliphatic rings. The first-order chi connectivity index (χ1) is 14.2. The highest BCUT2D eigenvalue weighted by Crippen LogP contribution is 2.19. The van der Waals surface area contributed by atoms with E-state index in [0.717, 1.165) is 28.4 Å². The molecule has 0 aliphatic carbocycles. The maximum absolute atomic E-state index is 10.6. The van der Waals surface area contributed by atoms with Crippen LogP contribution in [0.5, 0.6) is 11.5 Å². The summed E-state index contributed by atoms with van der Waals surface area (Å²) in [5.41, 5.74) is 3.02. The topological polar surface area (TPSA) is 56.5 Å². The van der Waals surface area contributed by atoms with Gasteiger partial charge in [0.2, 0.25) is 0 Å². The lowest BCUT2D eigenvalue weighted by Gasteiger charge is -2.16. The van der Waals surface area contributed by atoms with E-state index in [1.54, 1.807) is 0 Å². The zero-order valence-electron chi connectivity index (χ0n) is 16.4. The second-order valence-electron chi connectivity index (χ2n) is 7.01. The molecular weight excluding hydrogens is 364 g/mol. The number of rotatable bonds is 8. The smallest absolute Gasteiger partial charge is 0.148 e. The van der Waals surface area contributed by atoms with Crippen LogP contribution < -0.4 is 9.47 Å². The molecule has 1 N–H and O–H groups in total. The largest absolute Gasteiger partial charge is 0.491 e. The minimum absolute atomic E-state index is 0.203. The maximum Gasteiger partial charge on any atom is 0.148 e. The van der Waals surface area contributed by atoms with Gasteiger partial charge in [0.1, 0.15) is 36.6 Å². The van der Waals surface area contributed by atoms with E-state index in [9.17, 15) is 5.11 Å². The summed E-state index contributed by atoms with van der Waals surface area (Å²) in [5, 5.41) is 10.6. The summed E-state index contributed by atoms with van der Waals surface area (Å²) in [4.78, 5) is 4.69. The van der Waals surface area contributed by atoms with E-state index in [1.165, 1.54) is 5.56 Å². The SMILES string of the molecule is Cc1ccc(OC[C@H](O)Cn2c(COc3ccccc3)nc3ccccc32)cc1. The van der Waals surface area contributed by atoms with Gasteiger partial charge in [0.05, 0.1) is 17.6 Å². The summed E-state index contributed by atoms with van der Waals surface area (Å²) in [6.45, 7) is 2.93. The number of aliphatic hydroxyl groups is 1. The Balaban J connectivity index is 1.48. The average Bonchev–Trinajstić information content (AvgIpc) is 3.10. The molecule has 148 valence electrons. The number of fused-ring (bicyclic) bond motifs is 1. The number of aliphatic hydroxyl groups excluding tert-OH is 1. The average molecular weight is 388 g/mol. The normalized spacial score (nSPS) is 12.1. The van der Waals surface area contributed by atoms with Gasteiger partial charge in [0, 0.05) is 0 Å². The Bertz CT molecular complexity index is 1060. The van der Waals surface area contributed by atoms with Crippen molar-refractivity contribution in [2.24, 2.45) is 0 Å². The first-order valence-electron chi connectivity index (χ1n) is 9.68. The summed E-state index contributed by atoms with van der Waals surface area (Å²) in [5.74, 6) is 2.30. The third kappa shape index (κ3) is 4.76. The number of imidazole rings is 1. The molecule has 0 spiro atoms. The summed E-state index contributed by atoms with van der Waals surface area (Å²) < 4.78 is 13.6. The van der Waals surface area contributed by atoms with E-state index in [2.05, 4.69) is 0 Å². The number of hydrogen-bond acceptors (Lipinski definition) is 4. The zero-order valence-corrected chi connectivity index (χ0v) is 16.4. The number of aryl methyl sites for hydroxylation is 1. The lowest BCUT2D eigenvalue weighted by atomic mass is 10.2. The van der Waals surface area contributed by atoms with Crippen LogP contribution in [0.1, 0.15) is 11.4 Å². The van der Waals surface area contributed by atoms with E-state index in [0.29, 0.717) is 13.2 Å². The zero-order chi connectivity index (χ0) is 20.1. The molecule has 0 fully saturated rings. The van der Waals surface area contributed by atoms with E-state index in [-0.39, 0.29) is 6.61 Å². The number of para-hydroxylation sites is 3. The fourth-order valence-electron chi connectivity index (χ4n) is 3.19. The van der Waals surface area contributed by atoms with Gasteiger partial charge in [-0.05, 0) is 43.3 Å². The molecule has 29 heavy (non-hydrogen) atoms. The molecule has 0 aliphatic heterocycles. The summed E-state index contributed by atoms with van der Waals surface area (Å²) in [6.07, 6.45) is -0.676. The van der Waals surface area contributed by atoms with E-state index < -0.39 is 6.10 Å². The number of nitrogens with zero attached hydrogens (tertiary/aromatic N) is 2. The Kier molecular flexibility index (Phi) is 5.77. The van der Waals surface area contributed by atoms with Crippen molar-refractivity contribution < 1.29 is 14.6 Å². The number of ether oxygens (including phenoxy) is 2. The van der Waals surface area contributed by atoms with E-state index >= 15 is 0 Å². The van der Waals surface area contributed by atoms with Crippen LogP contribution in [0.15, 0.2) is 78.9 Å². The van der Waals surface area contributed by atoms with Crippen molar-refractivity contribution in [3.05, 3.63) is 90.3 Å². The van der Waals surface area contributed by atoms with Crippen molar-refractivity contribution >= 4 is 11.0 Å². The quantitative estimate of drug-likeness (QED) is 0.487. The maximum atomic E-state index is 10.6. The molecule has 1 aromatic heterocycles. The predicted octanol–water partition coefficient (Wildman–Crippen LogP) is 4.36. The molecule has 3 aromatic carbocycles. The molecule has 0 unspecified atom stereocenters. The molecule has 0 saturated carbocycles. The third-order valence-corrected chi connectivity index (χ3v) is 4.70. The highest BCUT2D eigenvalue weighted by molar-refractivity contribution is 5.75. The Hall–Kier alpha value is -3.31. The minimum atomic E-state index is -0.676. The Labute approximate surface area is 170 Å². The standard InChI is InChI=1S/C24H24N2O3/c1-18-11-13-21(14-12-18)28-16-19(27)15-26-23-10-6-5-9-22(23)25-24(26)17-29-20-7-3-2-4-8-20/h2-14,19,27H,15-17H2,1H3/t19-/m1/s1. The van der Waals surface area contributed by atoms with Crippen molar-refractivity contribution in [3.63, 3.8) is 0 Å². The van der Waals surface area contributed by atoms with Crippen LogP contribution in [0.25, 0.3) is 11.0 Å². The molecule has 0 bridgehead atoms. The monoisotopic (exact) mass is 388 g/mol. The fourth-order valence-corrected chi connectivity index (χ4v) is 3.19. The van der Waals surface area contributed by atoms with Crippen molar-refractivity contribution in [3.8, 4) is 11.5 Å². The lowest BCUT2D eigenvalue weighted by Crippen LogP contribution is -2.25. The second-order valence-corrected chi connectivity index (χ2v) is 7.01. The van der Waals surface area contributed by atoms with Gasteiger partial charge >= 0.3 is 0 Å². The van der Waals surface area contributed by atoms with Crippen LogP contribution in [0.4, 0.5) is 0 Å². The van der Waals surface area contributed by atoms with Gasteiger partial charge in [-0.3, -0.25) is 0 Å². The molecule has 1 atom stereocenters. The number of aromatic nitrogens is 2. The lowest BCUT2D eigenvalue weighted by molar-refractivity contribution is 0.0917. The summed E-state index contributed by atoms with van der Waals surface area (Å²) in [6, 6.07) is 25.3. The van der Waals surface area contributed by atoms with Crippen LogP contribution in [0, 0.1) is 6.92 Å². The molecule has 0 saturated heterocycles. The first-order valence-corrected chi connectivity index (χ1v) is 9.68. The number of hydrogen-bond donors (Lipinski definition) is 1. The molecule has 0 amide bonds. The van der Waals surface area contributed by atoms with Crippen LogP contribution in [0.2, 0.25) is 0 Å². The van der Waals surface area contributed by atoms with Gasteiger partial charge in [0.15, 0.2) is 0 Å². The molecule has 4 rings (SSSR count). The van der Waals surface area contributed by atoms with Gasteiger partial charge in [-0.2, -0.15) is 0 Å². The van der Waals surface area contributed by atoms with E-state index in [1.807, 2.05) is 90.4 Å². The first kappa shape index (κ1) is 19.0. The third-order valence-electron chi connectivity index (χ3n) is 4.70. The van der Waals surface area contributed by atoms with Crippen molar-refractivity contribution in [2.45, 2.75) is 26.2 Å². The van der Waals surface area contributed by atoms with Gasteiger partial charge in [-0.1, -0.05) is 48.0 Å².